The molecule has 0 spiro atoms. The van der Waals surface area contributed by atoms with Crippen molar-refractivity contribution >= 4 is 26.8 Å². The number of rotatable bonds is 5. The van der Waals surface area contributed by atoms with Crippen LogP contribution in [0, 0.1) is 0 Å². The molecule has 17 heavy (non-hydrogen) atoms. The number of benzene rings is 1. The maximum atomic E-state index is 4.68. The molecule has 1 unspecified atom stereocenters. The summed E-state index contributed by atoms with van der Waals surface area (Å²) in [4.78, 5) is 5.34. The van der Waals surface area contributed by atoms with Gasteiger partial charge in [0.15, 0.2) is 0 Å². The number of hydrogen-bond acceptors (Lipinski definition) is 1. The molecule has 0 bridgehead atoms. The van der Waals surface area contributed by atoms with Crippen LogP contribution in [0.5, 0.6) is 0 Å². The van der Waals surface area contributed by atoms with Gasteiger partial charge in [0.2, 0.25) is 0 Å². The van der Waals surface area contributed by atoms with Gasteiger partial charge in [-0.05, 0) is 37.8 Å². The molecule has 2 aromatic rings. The number of hydrogen-bond donors (Lipinski definition) is 0. The van der Waals surface area contributed by atoms with E-state index in [0.717, 1.165) is 11.9 Å². The summed E-state index contributed by atoms with van der Waals surface area (Å²) in [6, 6.07) is 12.6. The van der Waals surface area contributed by atoms with Gasteiger partial charge in [0.1, 0.15) is 0 Å². The van der Waals surface area contributed by atoms with E-state index in [0.29, 0.717) is 4.83 Å². The van der Waals surface area contributed by atoms with E-state index >= 15 is 0 Å². The van der Waals surface area contributed by atoms with E-state index in [1.807, 2.05) is 6.07 Å². The largest absolute Gasteiger partial charge is 0.253 e. The Labute approximate surface area is 111 Å². The van der Waals surface area contributed by atoms with Crippen LogP contribution in [0.25, 0.3) is 10.9 Å². The molecule has 1 aromatic heterocycles. The third kappa shape index (κ3) is 3.53. The van der Waals surface area contributed by atoms with E-state index in [2.05, 4.69) is 58.2 Å². The highest BCUT2D eigenvalue weighted by Gasteiger charge is 2.02. The Morgan fingerprint density at radius 3 is 2.82 bits per heavy atom. The van der Waals surface area contributed by atoms with Crippen molar-refractivity contribution in [1.29, 1.82) is 0 Å². The first-order chi connectivity index (χ1) is 8.29. The summed E-state index contributed by atoms with van der Waals surface area (Å²) in [5, 5.41) is 1.23. The molecular weight excluding hydrogens is 274 g/mol. The SMILES string of the molecule is CCC(Br)CCCc1ccc2ccccc2n1. The Bertz CT molecular complexity index is 481. The lowest BCUT2D eigenvalue weighted by atomic mass is 10.1. The van der Waals surface area contributed by atoms with E-state index in [1.165, 1.54) is 30.3 Å². The molecule has 0 aliphatic carbocycles. The van der Waals surface area contributed by atoms with Crippen molar-refractivity contribution in [3.8, 4) is 0 Å². The van der Waals surface area contributed by atoms with Crippen molar-refractivity contribution in [2.24, 2.45) is 0 Å². The van der Waals surface area contributed by atoms with Crippen LogP contribution < -0.4 is 0 Å². The second kappa shape index (κ2) is 6.15. The normalized spacial score (nSPS) is 12.8. The number of nitrogens with zero attached hydrogens (tertiary/aromatic N) is 1. The van der Waals surface area contributed by atoms with Gasteiger partial charge in [-0.3, -0.25) is 4.98 Å². The van der Waals surface area contributed by atoms with Crippen molar-refractivity contribution in [3.63, 3.8) is 0 Å². The molecule has 0 amide bonds. The number of fused-ring (bicyclic) bond motifs is 1. The molecule has 1 heterocycles. The third-order valence-electron chi connectivity index (χ3n) is 3.05. The molecule has 0 saturated carbocycles. The number of aromatic nitrogens is 1. The van der Waals surface area contributed by atoms with Gasteiger partial charge < -0.3 is 0 Å². The minimum absolute atomic E-state index is 0.656. The summed E-state index contributed by atoms with van der Waals surface area (Å²) in [6.45, 7) is 2.22. The molecule has 1 atom stereocenters. The molecule has 0 N–H and O–H groups in total. The van der Waals surface area contributed by atoms with Gasteiger partial charge in [0.25, 0.3) is 0 Å². The van der Waals surface area contributed by atoms with Gasteiger partial charge in [0, 0.05) is 15.9 Å². The van der Waals surface area contributed by atoms with Crippen LogP contribution in [0.4, 0.5) is 0 Å². The first-order valence-corrected chi connectivity index (χ1v) is 7.20. The summed E-state index contributed by atoms with van der Waals surface area (Å²) in [7, 11) is 0. The van der Waals surface area contributed by atoms with E-state index in [-0.39, 0.29) is 0 Å². The zero-order valence-electron chi connectivity index (χ0n) is 10.2. The lowest BCUT2D eigenvalue weighted by Gasteiger charge is -2.06. The highest BCUT2D eigenvalue weighted by atomic mass is 79.9. The molecule has 0 fully saturated rings. The summed E-state index contributed by atoms with van der Waals surface area (Å²) >= 11 is 3.67. The van der Waals surface area contributed by atoms with Crippen LogP contribution in [0.1, 0.15) is 31.9 Å². The summed E-state index contributed by atoms with van der Waals surface area (Å²) in [5.74, 6) is 0. The molecule has 0 aliphatic heterocycles. The number of alkyl halides is 1. The molecule has 1 aromatic carbocycles. The first-order valence-electron chi connectivity index (χ1n) is 6.28. The number of halogens is 1. The molecule has 90 valence electrons. The topological polar surface area (TPSA) is 12.9 Å². The van der Waals surface area contributed by atoms with Crippen molar-refractivity contribution in [1.82, 2.24) is 4.98 Å². The second-order valence-corrected chi connectivity index (χ2v) is 5.69. The monoisotopic (exact) mass is 291 g/mol. The fourth-order valence-electron chi connectivity index (χ4n) is 1.96. The number of aryl methyl sites for hydroxylation is 1. The third-order valence-corrected chi connectivity index (χ3v) is 4.15. The Kier molecular flexibility index (Phi) is 4.55. The maximum Gasteiger partial charge on any atom is 0.0705 e. The highest BCUT2D eigenvalue weighted by Crippen LogP contribution is 2.16. The first kappa shape index (κ1) is 12.6. The summed E-state index contributed by atoms with van der Waals surface area (Å²) in [6.07, 6.45) is 4.71. The van der Waals surface area contributed by atoms with Crippen LogP contribution >= 0.6 is 15.9 Å². The zero-order chi connectivity index (χ0) is 12.1. The van der Waals surface area contributed by atoms with Crippen molar-refractivity contribution in [2.75, 3.05) is 0 Å². The van der Waals surface area contributed by atoms with Crippen molar-refractivity contribution < 1.29 is 0 Å². The minimum Gasteiger partial charge on any atom is -0.253 e. The fourth-order valence-corrected chi connectivity index (χ4v) is 2.28. The predicted octanol–water partition coefficient (Wildman–Crippen LogP) is 4.73. The van der Waals surface area contributed by atoms with Crippen LogP contribution in [-0.2, 0) is 6.42 Å². The standard InChI is InChI=1S/C15H18BrN/c1-2-13(16)7-5-8-14-11-10-12-6-3-4-9-15(12)17-14/h3-4,6,9-11,13H,2,5,7-8H2,1H3. The molecule has 0 saturated heterocycles. The number of pyridine rings is 1. The quantitative estimate of drug-likeness (QED) is 0.726. The van der Waals surface area contributed by atoms with Gasteiger partial charge in [-0.2, -0.15) is 0 Å². The fraction of sp³-hybridized carbons (Fsp3) is 0.400. The number of para-hydroxylation sites is 1. The Balaban J connectivity index is 1.99. The van der Waals surface area contributed by atoms with E-state index in [1.54, 1.807) is 0 Å². The smallest absolute Gasteiger partial charge is 0.0705 e. The van der Waals surface area contributed by atoms with Gasteiger partial charge in [0.05, 0.1) is 5.52 Å². The van der Waals surface area contributed by atoms with E-state index in [4.69, 9.17) is 0 Å². The zero-order valence-corrected chi connectivity index (χ0v) is 11.8. The average molecular weight is 292 g/mol. The van der Waals surface area contributed by atoms with Crippen molar-refractivity contribution in [3.05, 3.63) is 42.1 Å². The van der Waals surface area contributed by atoms with E-state index < -0.39 is 0 Å². The predicted molar refractivity (Wildman–Crippen MR) is 77.7 cm³/mol. The highest BCUT2D eigenvalue weighted by molar-refractivity contribution is 9.09. The lowest BCUT2D eigenvalue weighted by molar-refractivity contribution is 0.683. The Morgan fingerprint density at radius 1 is 1.18 bits per heavy atom. The van der Waals surface area contributed by atoms with Crippen LogP contribution in [0.15, 0.2) is 36.4 Å². The lowest BCUT2D eigenvalue weighted by Crippen LogP contribution is -1.97. The van der Waals surface area contributed by atoms with Crippen LogP contribution in [0.3, 0.4) is 0 Å². The van der Waals surface area contributed by atoms with Crippen molar-refractivity contribution in [2.45, 2.75) is 37.4 Å². The summed E-state index contributed by atoms with van der Waals surface area (Å²) < 4.78 is 0. The van der Waals surface area contributed by atoms with Gasteiger partial charge in [-0.1, -0.05) is 47.1 Å². The summed E-state index contributed by atoms with van der Waals surface area (Å²) in [5.41, 5.74) is 2.32. The maximum absolute atomic E-state index is 4.68. The van der Waals surface area contributed by atoms with Gasteiger partial charge >= 0.3 is 0 Å². The van der Waals surface area contributed by atoms with Crippen LogP contribution in [-0.4, -0.2) is 9.81 Å². The molecule has 0 radical (unpaired) electrons. The minimum atomic E-state index is 0.656. The molecule has 2 heteroatoms. The average Bonchev–Trinajstić information content (AvgIpc) is 2.38. The Hall–Kier alpha value is -0.890. The Morgan fingerprint density at radius 2 is 2.00 bits per heavy atom. The molecule has 1 nitrogen and oxygen atoms in total. The second-order valence-electron chi connectivity index (χ2n) is 4.39. The molecule has 0 aliphatic rings. The van der Waals surface area contributed by atoms with E-state index in [9.17, 15) is 0 Å². The molecule has 2 rings (SSSR count). The van der Waals surface area contributed by atoms with Gasteiger partial charge in [-0.15, -0.1) is 0 Å². The van der Waals surface area contributed by atoms with Gasteiger partial charge in [-0.25, -0.2) is 0 Å². The van der Waals surface area contributed by atoms with Crippen LogP contribution in [0.2, 0.25) is 0 Å². The molecular formula is C15H18BrN.